The molecule has 0 unspecified atom stereocenters. The van der Waals surface area contributed by atoms with Gasteiger partial charge in [0.1, 0.15) is 0 Å². The van der Waals surface area contributed by atoms with Gasteiger partial charge in [0.05, 0.1) is 0 Å². The number of aryl methyl sites for hydroxylation is 6. The van der Waals surface area contributed by atoms with Gasteiger partial charge >= 0.3 is 62.2 Å². The maximum atomic E-state index is 13.8. The van der Waals surface area contributed by atoms with E-state index >= 15 is 0 Å². The summed E-state index contributed by atoms with van der Waals surface area (Å²) in [5, 5.41) is 82.7. The molecule has 9 aromatic rings. The zero-order valence-corrected chi connectivity index (χ0v) is 90.4. The van der Waals surface area contributed by atoms with Crippen LogP contribution in [0.5, 0.6) is 34.5 Å². The molecular weight excluding hydrogens is 2040 g/mol. The molecule has 0 atom stereocenters. The molecule has 11 rings (SSSR count). The van der Waals surface area contributed by atoms with Crippen molar-refractivity contribution < 1.29 is 92.9 Å². The monoisotopic (exact) mass is 2190 g/mol. The van der Waals surface area contributed by atoms with Gasteiger partial charge in [-0.2, -0.15) is 0 Å². The second kappa shape index (κ2) is 54.9. The van der Waals surface area contributed by atoms with Crippen molar-refractivity contribution in [1.82, 2.24) is 29.4 Å². The van der Waals surface area contributed by atoms with Crippen LogP contribution in [0.1, 0.15) is 225 Å². The molecule has 2 aliphatic heterocycles. The third-order valence-corrected chi connectivity index (χ3v) is 21.4. The molecule has 0 bridgehead atoms. The topological polar surface area (TPSA) is 275 Å². The predicted octanol–water partition coefficient (Wildman–Crippen LogP) is 21.6. The van der Waals surface area contributed by atoms with E-state index in [1.165, 1.54) is 9.82 Å². The van der Waals surface area contributed by atoms with Gasteiger partial charge in [-0.3, -0.25) is 39.2 Å². The molecule has 2 saturated heterocycles. The molecule has 0 saturated carbocycles. The summed E-state index contributed by atoms with van der Waals surface area (Å²) in [6.45, 7) is 64.8. The summed E-state index contributed by atoms with van der Waals surface area (Å²) in [5.74, 6) is 0.963. The molecule has 2 fully saturated rings. The van der Waals surface area contributed by atoms with Crippen LogP contribution in [0.4, 0.5) is 0 Å². The maximum Gasteiger partial charge on any atom is 4.00 e. The molecule has 2 heterocycles. The van der Waals surface area contributed by atoms with Crippen LogP contribution < -0.4 is 30.6 Å². The summed E-state index contributed by atoms with van der Waals surface area (Å²) in [5.41, 5.74) is 44.4. The largest absolute Gasteiger partial charge is 4.00 e. The first kappa shape index (κ1) is 114. The zero-order valence-electron chi connectivity index (χ0n) is 82.1. The van der Waals surface area contributed by atoms with E-state index in [0.717, 1.165) is 217 Å². The summed E-state index contributed by atoms with van der Waals surface area (Å²) >= 11 is 0. The molecule has 0 spiro atoms. The van der Waals surface area contributed by atoms with E-state index < -0.39 is 0 Å². The number of benzene rings is 9. The van der Waals surface area contributed by atoms with Gasteiger partial charge < -0.3 is 52.8 Å². The third-order valence-electron chi connectivity index (χ3n) is 21.4. The van der Waals surface area contributed by atoms with E-state index in [0.29, 0.717) is 39.3 Å². The molecule has 128 heavy (non-hydrogen) atoms. The number of rotatable bonds is 18. The van der Waals surface area contributed by atoms with Crippen LogP contribution >= 0.6 is 0 Å². The van der Waals surface area contributed by atoms with Crippen molar-refractivity contribution in [3.8, 4) is 34.5 Å². The maximum absolute atomic E-state index is 13.8. The van der Waals surface area contributed by atoms with Crippen LogP contribution in [-0.4, -0.2) is 108 Å². The Morgan fingerprint density at radius 1 is 0.203 bits per heavy atom. The van der Waals surface area contributed by atoms with E-state index in [1.807, 2.05) is 109 Å². The van der Waals surface area contributed by atoms with Gasteiger partial charge in [-0.15, -0.1) is 34.5 Å². The molecule has 9 aromatic carbocycles. The summed E-state index contributed by atoms with van der Waals surface area (Å²) in [6, 6.07) is 60.8. The smallest absolute Gasteiger partial charge is 0.872 e. The minimum atomic E-state index is 0. The Hall–Kier alpha value is -7.74. The molecule has 2 aliphatic rings. The first-order valence-electron chi connectivity index (χ1n) is 45.0. The summed E-state index contributed by atoms with van der Waals surface area (Å²) in [4.78, 5) is 17.4. The van der Waals surface area contributed by atoms with E-state index in [4.69, 9.17) is 22.1 Å². The standard InChI is InChI=1S/2C45H69N3O3.3C6H6.2N3.2U/c2*1-31-19-34(25-43(4,5)6)40(49)37(22-31)28-46-13-15-47(29-38-23-32(2)20-35(41(38)50)26-44(7,8)9)17-18-48(16-14-46)30-39-24-33(3)21-36(42(39)51)27-45(10,11)12;3*1-2-4-6-5-3-1;2*1-3-2;;/h2*19-24,49-51H,13-18,25-30H2,1-12H3;3*1-6H;;;;/q;;;;;2*-1;2*+4/p-6. The van der Waals surface area contributed by atoms with Crippen LogP contribution in [0.3, 0.4) is 0 Å². The molecule has 20 heteroatoms. The molecule has 0 radical (unpaired) electrons. The van der Waals surface area contributed by atoms with Crippen molar-refractivity contribution in [2.45, 2.75) is 244 Å². The molecule has 0 amide bonds. The average Bonchev–Trinajstić information content (AvgIpc) is 1.20. The van der Waals surface area contributed by atoms with Crippen LogP contribution in [-0.2, 0) is 77.8 Å². The number of nitrogens with zero attached hydrogens (tertiary/aromatic N) is 12. The van der Waals surface area contributed by atoms with E-state index in [2.05, 4.69) is 268 Å². The van der Waals surface area contributed by atoms with Gasteiger partial charge in [-0.25, -0.2) is 0 Å². The fourth-order valence-corrected chi connectivity index (χ4v) is 16.4. The minimum absolute atomic E-state index is 0. The SMILES string of the molecule is Cc1cc(CN2CCN(Cc3cc(C)cc(CC(C)(C)C)c3[O-])CCN(Cc3cc(C)cc(CC(C)(C)C)c3[O-])CC2)c([O-])c(CC(C)(C)C)c1.Cc1cc(CN2CCN(Cc3cc(C)cc(CC(C)(C)C)c3[O-])CCN(Cc3cc(C)cc(CC(C)(C)C)c3[O-])CC2)c([O-])c(CC(C)(C)C)c1.[N-]=[N+]=[N-].[N-]=[N+]=[N-].[U+4].[U+4].c1ccccc1.c1ccccc1.c1ccccc1. The second-order valence-electron chi connectivity index (χ2n) is 42.2. The number of hydrogen-bond acceptors (Lipinski definition) is 12. The van der Waals surface area contributed by atoms with Crippen molar-refractivity contribution in [2.24, 2.45) is 32.5 Å². The minimum Gasteiger partial charge on any atom is -0.872 e. The van der Waals surface area contributed by atoms with Gasteiger partial charge in [-0.05, 0) is 146 Å². The van der Waals surface area contributed by atoms with Crippen molar-refractivity contribution in [3.63, 3.8) is 0 Å². The Balaban J connectivity index is 0.000000514. The summed E-state index contributed by atoms with van der Waals surface area (Å²) in [7, 11) is 0. The van der Waals surface area contributed by atoms with Gasteiger partial charge in [-0.1, -0.05) is 373 Å². The van der Waals surface area contributed by atoms with Crippen LogP contribution in [0, 0.1) is 136 Å². The molecular formula is C108H150N12O6U2. The van der Waals surface area contributed by atoms with Gasteiger partial charge in [0, 0.05) is 118 Å². The molecule has 0 aliphatic carbocycles. The fourth-order valence-electron chi connectivity index (χ4n) is 16.4. The van der Waals surface area contributed by atoms with Crippen molar-refractivity contribution in [3.05, 3.63) is 314 Å². The van der Waals surface area contributed by atoms with Crippen LogP contribution in [0.15, 0.2) is 182 Å². The van der Waals surface area contributed by atoms with E-state index in [9.17, 15) is 30.6 Å². The van der Waals surface area contributed by atoms with Crippen LogP contribution in [0.25, 0.3) is 31.9 Å². The second-order valence-corrected chi connectivity index (χ2v) is 42.2. The first-order valence-corrected chi connectivity index (χ1v) is 45.0. The van der Waals surface area contributed by atoms with E-state index in [1.54, 1.807) is 0 Å². The van der Waals surface area contributed by atoms with Gasteiger partial charge in [0.25, 0.3) is 0 Å². The van der Waals surface area contributed by atoms with Gasteiger partial charge in [0.2, 0.25) is 0 Å². The Labute approximate surface area is 819 Å². The normalized spacial score (nSPS) is 14.2. The Morgan fingerprint density at radius 3 is 0.375 bits per heavy atom. The first-order chi connectivity index (χ1) is 58.9. The van der Waals surface area contributed by atoms with Crippen molar-refractivity contribution >= 4 is 0 Å². The summed E-state index contributed by atoms with van der Waals surface area (Å²) < 4.78 is 0. The van der Waals surface area contributed by atoms with Gasteiger partial charge in [0.15, 0.2) is 0 Å². The average molecular weight is 2190 g/mol. The molecule has 18 nitrogen and oxygen atoms in total. The van der Waals surface area contributed by atoms with Crippen molar-refractivity contribution in [1.29, 1.82) is 0 Å². The Kier molecular flexibility index (Phi) is 49.1. The van der Waals surface area contributed by atoms with E-state index in [-0.39, 0.29) is 129 Å². The molecule has 686 valence electrons. The number of hydrogen-bond donors (Lipinski definition) is 0. The molecule has 0 aromatic heterocycles. The Morgan fingerprint density at radius 2 is 0.289 bits per heavy atom. The molecule has 0 N–H and O–H groups in total. The Bertz CT molecular complexity index is 4020. The quantitative estimate of drug-likeness (QED) is 0.0440. The fraction of sp³-hybridized carbons (Fsp3) is 0.500. The summed E-state index contributed by atoms with van der Waals surface area (Å²) in [6.07, 6.45) is 4.49. The predicted molar refractivity (Wildman–Crippen MR) is 514 cm³/mol. The third kappa shape index (κ3) is 44.9. The van der Waals surface area contributed by atoms with Crippen molar-refractivity contribution in [2.75, 3.05) is 78.5 Å². The van der Waals surface area contributed by atoms with Crippen LogP contribution in [0.2, 0.25) is 0 Å². The zero-order chi connectivity index (χ0) is 93.9.